The van der Waals surface area contributed by atoms with Gasteiger partial charge in [0.15, 0.2) is 5.82 Å². The predicted molar refractivity (Wildman–Crippen MR) is 148 cm³/mol. The number of pyridine rings is 1. The van der Waals surface area contributed by atoms with Crippen molar-refractivity contribution in [3.05, 3.63) is 54.4 Å². The van der Waals surface area contributed by atoms with Crippen molar-refractivity contribution in [1.29, 1.82) is 0 Å². The number of aliphatic hydroxyl groups is 1. The predicted octanol–water partition coefficient (Wildman–Crippen LogP) is 2.30. The first-order valence-electron chi connectivity index (χ1n) is 12.8. The first-order chi connectivity index (χ1) is 19.4. The molecule has 1 unspecified atom stereocenters. The lowest BCUT2D eigenvalue weighted by atomic mass is 10.1. The third-order valence-corrected chi connectivity index (χ3v) is 6.93. The van der Waals surface area contributed by atoms with Gasteiger partial charge in [-0.05, 0) is 13.1 Å². The lowest BCUT2D eigenvalue weighted by Crippen LogP contribution is -2.54. The number of carbonyl (C=O) groups excluding carboxylic acids is 1. The van der Waals surface area contributed by atoms with Gasteiger partial charge in [-0.1, -0.05) is 12.1 Å². The lowest BCUT2D eigenvalue weighted by molar-refractivity contribution is -0.124. The average Bonchev–Trinajstić information content (AvgIpc) is 3.38. The van der Waals surface area contributed by atoms with Crippen molar-refractivity contribution >= 4 is 34.1 Å². The molecule has 210 valence electrons. The van der Waals surface area contributed by atoms with Crippen LogP contribution in [-0.4, -0.2) is 98.8 Å². The number of hydrogen-bond donors (Lipinski definition) is 5. The van der Waals surface area contributed by atoms with Gasteiger partial charge in [0.05, 0.1) is 42.5 Å². The van der Waals surface area contributed by atoms with E-state index >= 15 is 0 Å². The second kappa shape index (κ2) is 11.9. The molecular formula is C27H31FN8O4. The molecule has 0 bridgehead atoms. The van der Waals surface area contributed by atoms with Gasteiger partial charge in [-0.25, -0.2) is 14.4 Å². The molecule has 5 rings (SSSR count). The van der Waals surface area contributed by atoms with Crippen LogP contribution in [-0.2, 0) is 16.1 Å². The molecule has 0 spiro atoms. The molecule has 3 aromatic heterocycles. The number of para-hydroxylation sites is 1. The zero-order valence-corrected chi connectivity index (χ0v) is 22.2. The molecule has 1 aromatic carbocycles. The van der Waals surface area contributed by atoms with Crippen LogP contribution in [0.5, 0.6) is 5.75 Å². The number of aromatic amines is 1. The van der Waals surface area contributed by atoms with E-state index in [1.54, 1.807) is 25.4 Å². The van der Waals surface area contributed by atoms with Crippen molar-refractivity contribution in [1.82, 2.24) is 29.7 Å². The van der Waals surface area contributed by atoms with Gasteiger partial charge in [0.1, 0.15) is 23.2 Å². The summed E-state index contributed by atoms with van der Waals surface area (Å²) >= 11 is 0. The maximum Gasteiger partial charge on any atom is 0.244 e. The Hall–Kier alpha value is -4.17. The van der Waals surface area contributed by atoms with Crippen LogP contribution in [0.3, 0.4) is 0 Å². The number of aromatic hydroxyl groups is 1. The van der Waals surface area contributed by atoms with Crippen molar-refractivity contribution < 1.29 is 24.1 Å². The van der Waals surface area contributed by atoms with Crippen LogP contribution in [0.25, 0.3) is 22.2 Å². The van der Waals surface area contributed by atoms with Crippen LogP contribution < -0.4 is 10.6 Å². The molecule has 0 saturated carbocycles. The van der Waals surface area contributed by atoms with Crippen molar-refractivity contribution in [3.8, 4) is 17.0 Å². The van der Waals surface area contributed by atoms with E-state index < -0.39 is 18.5 Å². The number of amides is 1. The van der Waals surface area contributed by atoms with Crippen LogP contribution in [0.4, 0.5) is 21.7 Å². The smallest absolute Gasteiger partial charge is 0.244 e. The van der Waals surface area contributed by atoms with Crippen LogP contribution in [0.1, 0.15) is 5.69 Å². The van der Waals surface area contributed by atoms with Crippen molar-refractivity contribution in [3.63, 3.8) is 0 Å². The summed E-state index contributed by atoms with van der Waals surface area (Å²) < 4.78 is 20.3. The molecule has 1 aliphatic rings. The van der Waals surface area contributed by atoms with Gasteiger partial charge in [-0.3, -0.25) is 14.7 Å². The molecule has 1 amide bonds. The molecule has 1 aliphatic heterocycles. The molecule has 0 aliphatic carbocycles. The minimum Gasteiger partial charge on any atom is -0.506 e. The fourth-order valence-electron chi connectivity index (χ4n) is 4.73. The summed E-state index contributed by atoms with van der Waals surface area (Å²) in [6.07, 6.45) is 4.08. The number of likely N-dealkylation sites (N-methyl/N-ethyl adjacent to an activating group) is 1. The largest absolute Gasteiger partial charge is 0.506 e. The first kappa shape index (κ1) is 27.4. The van der Waals surface area contributed by atoms with Crippen LogP contribution in [0.2, 0.25) is 0 Å². The molecule has 1 saturated heterocycles. The van der Waals surface area contributed by atoms with Crippen molar-refractivity contribution in [2.75, 3.05) is 57.6 Å². The molecular weight excluding hydrogens is 519 g/mol. The Bertz CT molecular complexity index is 1510. The highest BCUT2D eigenvalue weighted by molar-refractivity contribution is 6.06. The zero-order valence-electron chi connectivity index (χ0n) is 22.2. The number of nitrogens with one attached hydrogen (secondary N) is 3. The standard InChI is InChI=1S/C27H31FN8O4/c1-35-6-8-36(9-7-35)22(15-40-2)26(39)33-20-5-3-4-17-18(12-30-25(17)20)24-19(28)13-31-27(34-24)32-16-10-23(38)21(14-37)29-11-16/h3-5,10-13,22,30,37-38H,6-9,14-15H2,1-2H3,(H,33,39)(H,31,32,34). The molecule has 13 heteroatoms. The first-order valence-corrected chi connectivity index (χ1v) is 12.8. The lowest BCUT2D eigenvalue weighted by Gasteiger charge is -2.36. The molecule has 12 nitrogen and oxygen atoms in total. The van der Waals surface area contributed by atoms with Crippen LogP contribution in [0, 0.1) is 5.82 Å². The summed E-state index contributed by atoms with van der Waals surface area (Å²) in [5.74, 6) is -0.921. The third-order valence-electron chi connectivity index (χ3n) is 6.93. The molecule has 0 radical (unpaired) electrons. The number of ether oxygens (including phenoxy) is 1. The van der Waals surface area contributed by atoms with E-state index in [0.717, 1.165) is 32.4 Å². The third kappa shape index (κ3) is 5.72. The number of piperazine rings is 1. The normalized spacial score (nSPS) is 15.3. The molecule has 5 N–H and O–H groups in total. The minimum absolute atomic E-state index is 0.0473. The Morgan fingerprint density at radius 3 is 2.75 bits per heavy atom. The summed E-state index contributed by atoms with van der Waals surface area (Å²) in [7, 11) is 3.64. The second-order valence-corrected chi connectivity index (χ2v) is 9.59. The Kier molecular flexibility index (Phi) is 8.16. The zero-order chi connectivity index (χ0) is 28.2. The number of anilines is 3. The van der Waals surface area contributed by atoms with Gasteiger partial charge >= 0.3 is 0 Å². The Labute approximate surface area is 229 Å². The summed E-state index contributed by atoms with van der Waals surface area (Å²) in [5.41, 5.74) is 2.21. The van der Waals surface area contributed by atoms with Crippen molar-refractivity contribution in [2.24, 2.45) is 0 Å². The van der Waals surface area contributed by atoms with Gasteiger partial charge in [0.2, 0.25) is 11.9 Å². The van der Waals surface area contributed by atoms with E-state index in [9.17, 15) is 19.4 Å². The van der Waals surface area contributed by atoms with E-state index in [1.807, 2.05) is 6.07 Å². The van der Waals surface area contributed by atoms with E-state index in [2.05, 4.69) is 47.4 Å². The molecule has 4 aromatic rings. The quantitative estimate of drug-likeness (QED) is 0.210. The van der Waals surface area contributed by atoms with Gasteiger partial charge in [0.25, 0.3) is 0 Å². The van der Waals surface area contributed by atoms with Gasteiger partial charge < -0.3 is 35.5 Å². The number of rotatable bonds is 9. The van der Waals surface area contributed by atoms with Crippen LogP contribution >= 0.6 is 0 Å². The van der Waals surface area contributed by atoms with Gasteiger partial charge in [-0.15, -0.1) is 0 Å². The summed E-state index contributed by atoms with van der Waals surface area (Å²) in [5, 5.41) is 25.7. The number of halogens is 1. The number of H-pyrrole nitrogens is 1. The van der Waals surface area contributed by atoms with E-state index in [-0.39, 0.29) is 35.6 Å². The Balaban J connectivity index is 1.40. The molecule has 40 heavy (non-hydrogen) atoms. The van der Waals surface area contributed by atoms with Crippen LogP contribution in [0.15, 0.2) is 42.9 Å². The van der Waals surface area contributed by atoms with E-state index in [4.69, 9.17) is 4.74 Å². The van der Waals surface area contributed by atoms with E-state index in [0.29, 0.717) is 27.8 Å². The summed E-state index contributed by atoms with van der Waals surface area (Å²) in [6.45, 7) is 3.12. The number of methoxy groups -OCH3 is 1. The highest BCUT2D eigenvalue weighted by Crippen LogP contribution is 2.33. The van der Waals surface area contributed by atoms with Crippen molar-refractivity contribution in [2.45, 2.75) is 12.6 Å². The second-order valence-electron chi connectivity index (χ2n) is 9.59. The average molecular weight is 551 g/mol. The number of fused-ring (bicyclic) bond motifs is 1. The maximum atomic E-state index is 15.0. The number of aromatic nitrogens is 4. The molecule has 1 atom stereocenters. The Morgan fingerprint density at radius 1 is 1.23 bits per heavy atom. The number of carbonyl (C=O) groups is 1. The highest BCUT2D eigenvalue weighted by Gasteiger charge is 2.29. The fourth-order valence-corrected chi connectivity index (χ4v) is 4.73. The Morgan fingerprint density at radius 2 is 2.02 bits per heavy atom. The fraction of sp³-hybridized carbons (Fsp3) is 0.333. The topological polar surface area (TPSA) is 152 Å². The van der Waals surface area contributed by atoms with E-state index in [1.165, 1.54) is 12.3 Å². The number of benzene rings is 1. The molecule has 1 fully saturated rings. The van der Waals surface area contributed by atoms with Gasteiger partial charge in [-0.2, -0.15) is 0 Å². The number of nitrogens with zero attached hydrogens (tertiary/aromatic N) is 5. The summed E-state index contributed by atoms with van der Waals surface area (Å²) in [4.78, 5) is 33.2. The number of aliphatic hydroxyl groups excluding tert-OH is 1. The highest BCUT2D eigenvalue weighted by atomic mass is 19.1. The summed E-state index contributed by atoms with van der Waals surface area (Å²) in [6, 6.07) is 6.30. The minimum atomic E-state index is -0.632. The SMILES string of the molecule is COCC(C(=O)Nc1cccc2c(-c3nc(Nc4cnc(CO)c(O)c4)ncc3F)c[nH]c12)N1CCN(C)CC1. The maximum absolute atomic E-state index is 15.0. The number of hydrogen-bond acceptors (Lipinski definition) is 10. The van der Waals surface area contributed by atoms with Gasteiger partial charge in [0, 0.05) is 56.5 Å². The monoisotopic (exact) mass is 550 g/mol. The molecule has 4 heterocycles.